The zero-order chi connectivity index (χ0) is 33.5. The van der Waals surface area contributed by atoms with E-state index in [4.69, 9.17) is 13.8 Å². The summed E-state index contributed by atoms with van der Waals surface area (Å²) < 4.78 is 27.0. The molecule has 0 spiro atoms. The number of hydrogen-bond acceptors (Lipinski definition) is 6. The zero-order valence-corrected chi connectivity index (χ0v) is 30.2. The molecule has 0 heterocycles. The second-order valence-electron chi connectivity index (χ2n) is 13.1. The van der Waals surface area contributed by atoms with E-state index >= 15 is 0 Å². The van der Waals surface area contributed by atoms with E-state index in [0.29, 0.717) is 11.0 Å². The number of aliphatic hydroxyl groups excluding tert-OH is 1. The Labute approximate surface area is 276 Å². The summed E-state index contributed by atoms with van der Waals surface area (Å²) in [5.74, 6) is -0.488. The fraction of sp³-hybridized carbons (Fsp3) is 0.806. The van der Waals surface area contributed by atoms with Gasteiger partial charge in [-0.3, -0.25) is 13.8 Å². The van der Waals surface area contributed by atoms with Crippen LogP contribution < -0.4 is 0 Å². The summed E-state index contributed by atoms with van der Waals surface area (Å²) >= 11 is 0. The fourth-order valence-electron chi connectivity index (χ4n) is 4.59. The SMILES string of the molecule is CCCCCCCCCCCCCCCCCCC=CCC=CCC=CCC(=O)OC[C@@H](O)COP(=O)(O)OCC[N+](C)(C)C. The maximum atomic E-state index is 11.8. The summed E-state index contributed by atoms with van der Waals surface area (Å²) in [6.07, 6.45) is 36.3. The van der Waals surface area contributed by atoms with Crippen LogP contribution in [0, 0.1) is 0 Å². The smallest absolute Gasteiger partial charge is 0.463 e. The Bertz CT molecular complexity index is 823. The molecule has 2 atom stereocenters. The van der Waals surface area contributed by atoms with Gasteiger partial charge in [0.15, 0.2) is 0 Å². The van der Waals surface area contributed by atoms with Crippen LogP contribution in [0.25, 0.3) is 0 Å². The lowest BCUT2D eigenvalue weighted by molar-refractivity contribution is -0.870. The van der Waals surface area contributed by atoms with Crippen LogP contribution in [-0.4, -0.2) is 74.1 Å². The molecule has 0 aromatic heterocycles. The van der Waals surface area contributed by atoms with Gasteiger partial charge in [0.25, 0.3) is 0 Å². The maximum absolute atomic E-state index is 11.8. The Balaban J connectivity index is 3.57. The molecule has 2 N–H and O–H groups in total. The third-order valence-corrected chi connectivity index (χ3v) is 8.42. The largest absolute Gasteiger partial charge is 0.472 e. The minimum Gasteiger partial charge on any atom is -0.463 e. The Morgan fingerprint density at radius 3 is 1.67 bits per heavy atom. The third kappa shape index (κ3) is 35.4. The average Bonchev–Trinajstić information content (AvgIpc) is 2.98. The topological polar surface area (TPSA) is 102 Å². The molecule has 0 rings (SSSR count). The molecule has 0 aromatic carbocycles. The molecule has 8 nitrogen and oxygen atoms in total. The lowest BCUT2D eigenvalue weighted by Gasteiger charge is -2.24. The Morgan fingerprint density at radius 1 is 0.689 bits per heavy atom. The first-order valence-corrected chi connectivity index (χ1v) is 19.3. The Hall–Kier alpha value is -1.28. The zero-order valence-electron chi connectivity index (χ0n) is 29.3. The molecule has 0 saturated carbocycles. The normalized spacial score (nSPS) is 14.5. The first-order valence-electron chi connectivity index (χ1n) is 17.8. The summed E-state index contributed by atoms with van der Waals surface area (Å²) in [4.78, 5) is 21.5. The number of quaternary nitrogens is 1. The number of hydrogen-bond donors (Lipinski definition) is 2. The number of allylic oxidation sites excluding steroid dienone is 5. The highest BCUT2D eigenvalue weighted by atomic mass is 31.2. The third-order valence-electron chi connectivity index (χ3n) is 7.44. The van der Waals surface area contributed by atoms with Gasteiger partial charge in [-0.25, -0.2) is 4.57 Å². The van der Waals surface area contributed by atoms with Crippen molar-refractivity contribution in [1.29, 1.82) is 0 Å². The summed E-state index contributed by atoms with van der Waals surface area (Å²) in [5.41, 5.74) is 0. The Kier molecular flexibility index (Phi) is 29.2. The van der Waals surface area contributed by atoms with E-state index in [0.717, 1.165) is 19.3 Å². The molecule has 9 heteroatoms. The molecule has 0 bridgehead atoms. The number of nitrogens with zero attached hydrogens (tertiary/aromatic N) is 1. The van der Waals surface area contributed by atoms with Crippen molar-refractivity contribution in [2.24, 2.45) is 0 Å². The van der Waals surface area contributed by atoms with Crippen molar-refractivity contribution in [2.75, 3.05) is 47.5 Å². The molecular formula is C36H69NO7P+. The van der Waals surface area contributed by atoms with Crippen LogP contribution in [0.4, 0.5) is 0 Å². The minimum atomic E-state index is -4.27. The van der Waals surface area contributed by atoms with Crippen molar-refractivity contribution < 1.29 is 37.6 Å². The molecular weight excluding hydrogens is 589 g/mol. The van der Waals surface area contributed by atoms with E-state index < -0.39 is 26.5 Å². The summed E-state index contributed by atoms with van der Waals surface area (Å²) in [6, 6.07) is 0. The number of rotatable bonds is 32. The molecule has 0 aliphatic carbocycles. The quantitative estimate of drug-likeness (QED) is 0.0244. The van der Waals surface area contributed by atoms with Gasteiger partial charge in [0.2, 0.25) is 0 Å². The lowest BCUT2D eigenvalue weighted by atomic mass is 10.0. The van der Waals surface area contributed by atoms with Crippen LogP contribution in [0.3, 0.4) is 0 Å². The molecule has 1 unspecified atom stereocenters. The number of esters is 1. The van der Waals surface area contributed by atoms with E-state index in [9.17, 15) is 19.4 Å². The fourth-order valence-corrected chi connectivity index (χ4v) is 5.34. The molecule has 264 valence electrons. The molecule has 0 saturated heterocycles. The van der Waals surface area contributed by atoms with Gasteiger partial charge in [-0.05, 0) is 25.7 Å². The van der Waals surface area contributed by atoms with Crippen molar-refractivity contribution >= 4 is 13.8 Å². The summed E-state index contributed by atoms with van der Waals surface area (Å²) in [7, 11) is 1.52. The van der Waals surface area contributed by atoms with E-state index in [-0.39, 0.29) is 19.6 Å². The van der Waals surface area contributed by atoms with Crippen LogP contribution in [0.2, 0.25) is 0 Å². The number of phosphoric ester groups is 1. The molecule has 0 aromatic rings. The van der Waals surface area contributed by atoms with Crippen LogP contribution in [0.15, 0.2) is 36.5 Å². The minimum absolute atomic E-state index is 0.0419. The number of aliphatic hydroxyl groups is 1. The van der Waals surface area contributed by atoms with Crippen LogP contribution in [-0.2, 0) is 23.1 Å². The molecule has 0 aliphatic rings. The van der Waals surface area contributed by atoms with Crippen LogP contribution >= 0.6 is 7.82 Å². The van der Waals surface area contributed by atoms with Gasteiger partial charge >= 0.3 is 13.8 Å². The van der Waals surface area contributed by atoms with Gasteiger partial charge in [-0.15, -0.1) is 0 Å². The predicted molar refractivity (Wildman–Crippen MR) is 187 cm³/mol. The monoisotopic (exact) mass is 658 g/mol. The molecule has 0 aliphatic heterocycles. The summed E-state index contributed by atoms with van der Waals surface area (Å²) in [6.45, 7) is 2.05. The average molecular weight is 659 g/mol. The van der Waals surface area contributed by atoms with Crippen molar-refractivity contribution in [3.8, 4) is 0 Å². The summed E-state index contributed by atoms with van der Waals surface area (Å²) in [5, 5.41) is 9.86. The number of carbonyl (C=O) groups is 1. The molecule has 0 amide bonds. The standard InChI is InChI=1S/C36H68NO7P/c1-5-6-7-8-9-10-11-12-13-14-15-16-17-18-19-20-21-22-23-24-25-26-27-28-29-30-36(39)42-33-35(38)34-44-45(40,41)43-32-31-37(2,3)4/h22-23,25-26,28-29,35,38H,5-21,24,27,30-34H2,1-4H3/p+1/t35-/m1/s1. The number of likely N-dealkylation sites (N-methyl/N-ethyl adjacent to an activating group) is 1. The van der Waals surface area contributed by atoms with E-state index in [1.165, 1.54) is 103 Å². The van der Waals surface area contributed by atoms with Gasteiger partial charge in [0.1, 0.15) is 25.9 Å². The molecule has 0 fully saturated rings. The van der Waals surface area contributed by atoms with Crippen molar-refractivity contribution in [2.45, 2.75) is 141 Å². The van der Waals surface area contributed by atoms with E-state index in [2.05, 4.69) is 31.2 Å². The van der Waals surface area contributed by atoms with Crippen molar-refractivity contribution in [3.63, 3.8) is 0 Å². The lowest BCUT2D eigenvalue weighted by Crippen LogP contribution is -2.37. The van der Waals surface area contributed by atoms with E-state index in [1.54, 1.807) is 6.08 Å². The van der Waals surface area contributed by atoms with Crippen LogP contribution in [0.1, 0.15) is 135 Å². The highest BCUT2D eigenvalue weighted by molar-refractivity contribution is 7.47. The number of carbonyl (C=O) groups excluding carboxylic acids is 1. The van der Waals surface area contributed by atoms with Gasteiger partial charge in [-0.2, -0.15) is 0 Å². The highest BCUT2D eigenvalue weighted by Gasteiger charge is 2.24. The predicted octanol–water partition coefficient (Wildman–Crippen LogP) is 9.22. The number of unbranched alkanes of at least 4 members (excludes halogenated alkanes) is 16. The molecule has 0 radical (unpaired) electrons. The second-order valence-corrected chi connectivity index (χ2v) is 14.6. The number of phosphoric acid groups is 1. The Morgan fingerprint density at radius 2 is 1.16 bits per heavy atom. The highest BCUT2D eigenvalue weighted by Crippen LogP contribution is 2.43. The maximum Gasteiger partial charge on any atom is 0.472 e. The first-order chi connectivity index (χ1) is 21.6. The number of ether oxygens (including phenoxy) is 1. The van der Waals surface area contributed by atoms with E-state index in [1.807, 2.05) is 27.2 Å². The van der Waals surface area contributed by atoms with Gasteiger partial charge in [0.05, 0.1) is 34.2 Å². The second kappa shape index (κ2) is 30.1. The van der Waals surface area contributed by atoms with Gasteiger partial charge in [0, 0.05) is 0 Å². The van der Waals surface area contributed by atoms with Crippen molar-refractivity contribution in [1.82, 2.24) is 0 Å². The molecule has 45 heavy (non-hydrogen) atoms. The van der Waals surface area contributed by atoms with Crippen LogP contribution in [0.5, 0.6) is 0 Å². The van der Waals surface area contributed by atoms with Gasteiger partial charge < -0.3 is 19.2 Å². The van der Waals surface area contributed by atoms with Crippen molar-refractivity contribution in [3.05, 3.63) is 36.5 Å². The van der Waals surface area contributed by atoms with Gasteiger partial charge in [-0.1, -0.05) is 140 Å². The first kappa shape index (κ1) is 43.7.